The molecule has 1 aromatic rings. The molecule has 1 amide bonds. The van der Waals surface area contributed by atoms with Gasteiger partial charge in [0.05, 0.1) is 18.8 Å². The van der Waals surface area contributed by atoms with Gasteiger partial charge in [0.2, 0.25) is 0 Å². The first-order chi connectivity index (χ1) is 11.6. The number of morpholine rings is 1. The van der Waals surface area contributed by atoms with Gasteiger partial charge in [0.15, 0.2) is 0 Å². The zero-order valence-corrected chi connectivity index (χ0v) is 17.3. The molecule has 2 aliphatic rings. The first kappa shape index (κ1) is 19.1. The number of aliphatic hydroxyl groups is 1. The summed E-state index contributed by atoms with van der Waals surface area (Å²) >= 11 is 4.81. The third-order valence-corrected chi connectivity index (χ3v) is 6.51. The highest BCUT2D eigenvalue weighted by Crippen LogP contribution is 2.45. The zero-order chi connectivity index (χ0) is 18.3. The first-order valence-corrected chi connectivity index (χ1v) is 10.2. The molecular formula is C17H25BrN2O4S. The molecule has 6 nitrogen and oxygen atoms in total. The summed E-state index contributed by atoms with van der Waals surface area (Å²) in [6, 6.07) is 0. The summed E-state index contributed by atoms with van der Waals surface area (Å²) in [5.41, 5.74) is -1.80. The Labute approximate surface area is 160 Å². The number of halogens is 1. The molecule has 1 aliphatic heterocycles. The van der Waals surface area contributed by atoms with E-state index in [2.05, 4.69) is 20.9 Å². The number of amides is 1. The van der Waals surface area contributed by atoms with E-state index >= 15 is 0 Å². The number of nitrogens with zero attached hydrogens (tertiary/aromatic N) is 2. The monoisotopic (exact) mass is 432 g/mol. The molecule has 0 unspecified atom stereocenters. The summed E-state index contributed by atoms with van der Waals surface area (Å²) in [4.78, 5) is 18.5. The van der Waals surface area contributed by atoms with Crippen LogP contribution in [0.25, 0.3) is 0 Å². The van der Waals surface area contributed by atoms with Crippen LogP contribution in [0.3, 0.4) is 0 Å². The first-order valence-electron chi connectivity index (χ1n) is 8.57. The summed E-state index contributed by atoms with van der Waals surface area (Å²) in [5.74, 6) is 0. The minimum absolute atomic E-state index is 0.292. The van der Waals surface area contributed by atoms with Crippen molar-refractivity contribution in [2.24, 2.45) is 0 Å². The standard InChI is InChI=1S/C17H25BrN2O4S/c1-15(2,3)24-14(21)20-8-9-23-16(11-20)4-6-17(22,7-5-16)13-19-12(18)10-25-13/h10,22H,4-9,11H2,1-3H3. The van der Waals surface area contributed by atoms with Crippen molar-refractivity contribution in [1.29, 1.82) is 0 Å². The number of rotatable bonds is 1. The lowest BCUT2D eigenvalue weighted by Crippen LogP contribution is -2.57. The third-order valence-electron chi connectivity index (χ3n) is 4.76. The number of hydrogen-bond donors (Lipinski definition) is 1. The van der Waals surface area contributed by atoms with Gasteiger partial charge in [0, 0.05) is 11.9 Å². The van der Waals surface area contributed by atoms with Crippen LogP contribution in [-0.2, 0) is 15.1 Å². The topological polar surface area (TPSA) is 71.9 Å². The van der Waals surface area contributed by atoms with Crippen LogP contribution < -0.4 is 0 Å². The molecule has 0 aromatic carbocycles. The summed E-state index contributed by atoms with van der Waals surface area (Å²) in [7, 11) is 0. The molecule has 8 heteroatoms. The van der Waals surface area contributed by atoms with E-state index in [1.54, 1.807) is 4.90 Å². The van der Waals surface area contributed by atoms with Crippen molar-refractivity contribution in [3.63, 3.8) is 0 Å². The Kier molecular flexibility index (Phi) is 5.18. The van der Waals surface area contributed by atoms with Crippen molar-refractivity contribution in [3.05, 3.63) is 15.0 Å². The molecule has 1 saturated carbocycles. The van der Waals surface area contributed by atoms with Crippen LogP contribution in [0, 0.1) is 0 Å². The van der Waals surface area contributed by atoms with E-state index in [4.69, 9.17) is 9.47 Å². The van der Waals surface area contributed by atoms with Crippen molar-refractivity contribution >= 4 is 33.4 Å². The summed E-state index contributed by atoms with van der Waals surface area (Å²) < 4.78 is 12.3. The lowest BCUT2D eigenvalue weighted by Gasteiger charge is -2.48. The van der Waals surface area contributed by atoms with E-state index < -0.39 is 16.8 Å². The highest BCUT2D eigenvalue weighted by atomic mass is 79.9. The van der Waals surface area contributed by atoms with Gasteiger partial charge in [-0.05, 0) is 62.4 Å². The fourth-order valence-corrected chi connectivity index (χ4v) is 4.84. The van der Waals surface area contributed by atoms with E-state index in [-0.39, 0.29) is 6.09 Å². The van der Waals surface area contributed by atoms with Crippen LogP contribution in [0.2, 0.25) is 0 Å². The number of carbonyl (C=O) groups is 1. The van der Waals surface area contributed by atoms with E-state index in [0.717, 1.165) is 9.61 Å². The van der Waals surface area contributed by atoms with Crippen molar-refractivity contribution in [2.75, 3.05) is 19.7 Å². The average Bonchev–Trinajstić information content (AvgIpc) is 2.97. The van der Waals surface area contributed by atoms with E-state index in [1.165, 1.54) is 11.3 Å². The van der Waals surface area contributed by atoms with E-state index in [1.807, 2.05) is 26.2 Å². The molecule has 3 rings (SSSR count). The van der Waals surface area contributed by atoms with Crippen molar-refractivity contribution in [3.8, 4) is 0 Å². The quantitative estimate of drug-likeness (QED) is 0.732. The number of ether oxygens (including phenoxy) is 2. The van der Waals surface area contributed by atoms with Gasteiger partial charge in [-0.3, -0.25) is 0 Å². The summed E-state index contributed by atoms with van der Waals surface area (Å²) in [5, 5.41) is 13.6. The molecule has 0 bridgehead atoms. The van der Waals surface area contributed by atoms with Gasteiger partial charge in [0.1, 0.15) is 20.8 Å². The molecule has 1 saturated heterocycles. The SMILES string of the molecule is CC(C)(C)OC(=O)N1CCOC2(CCC(O)(c3nc(Br)cs3)CC2)C1. The highest BCUT2D eigenvalue weighted by molar-refractivity contribution is 9.10. The van der Waals surface area contributed by atoms with Crippen LogP contribution in [0.5, 0.6) is 0 Å². The van der Waals surface area contributed by atoms with Gasteiger partial charge >= 0.3 is 6.09 Å². The third kappa shape index (κ3) is 4.35. The lowest BCUT2D eigenvalue weighted by molar-refractivity contribution is -0.155. The molecule has 1 N–H and O–H groups in total. The lowest BCUT2D eigenvalue weighted by atomic mass is 9.75. The van der Waals surface area contributed by atoms with Gasteiger partial charge in [-0.25, -0.2) is 9.78 Å². The van der Waals surface area contributed by atoms with Gasteiger partial charge in [-0.15, -0.1) is 11.3 Å². The predicted octanol–water partition coefficient (Wildman–Crippen LogP) is 3.67. The second-order valence-electron chi connectivity index (χ2n) is 7.94. The van der Waals surface area contributed by atoms with E-state index in [0.29, 0.717) is 45.4 Å². The van der Waals surface area contributed by atoms with Crippen molar-refractivity contribution in [1.82, 2.24) is 9.88 Å². The second kappa shape index (κ2) is 6.79. The Morgan fingerprint density at radius 1 is 1.40 bits per heavy atom. The predicted molar refractivity (Wildman–Crippen MR) is 98.7 cm³/mol. The maximum Gasteiger partial charge on any atom is 0.410 e. The Balaban J connectivity index is 1.65. The van der Waals surface area contributed by atoms with Gasteiger partial charge < -0.3 is 19.5 Å². The molecule has 0 atom stereocenters. The van der Waals surface area contributed by atoms with Crippen LogP contribution in [0.15, 0.2) is 9.98 Å². The second-order valence-corrected chi connectivity index (χ2v) is 9.61. The molecule has 2 fully saturated rings. The molecule has 0 radical (unpaired) electrons. The maximum absolute atomic E-state index is 12.4. The van der Waals surface area contributed by atoms with Gasteiger partial charge in [0.25, 0.3) is 0 Å². The van der Waals surface area contributed by atoms with Crippen LogP contribution in [0.4, 0.5) is 4.79 Å². The number of carbonyl (C=O) groups excluding carboxylic acids is 1. The Morgan fingerprint density at radius 2 is 2.08 bits per heavy atom. The molecule has 140 valence electrons. The summed E-state index contributed by atoms with van der Waals surface area (Å²) in [6.45, 7) is 7.16. The Morgan fingerprint density at radius 3 is 2.64 bits per heavy atom. The van der Waals surface area contributed by atoms with Crippen LogP contribution in [0.1, 0.15) is 51.5 Å². The molecule has 1 aromatic heterocycles. The fraction of sp³-hybridized carbons (Fsp3) is 0.765. The number of hydrogen-bond acceptors (Lipinski definition) is 6. The van der Waals surface area contributed by atoms with Crippen molar-refractivity contribution < 1.29 is 19.4 Å². The van der Waals surface area contributed by atoms with Gasteiger partial charge in [-0.2, -0.15) is 0 Å². The molecular weight excluding hydrogens is 408 g/mol. The highest BCUT2D eigenvalue weighted by Gasteiger charge is 2.48. The Hall–Kier alpha value is -0.700. The van der Waals surface area contributed by atoms with E-state index in [9.17, 15) is 9.90 Å². The fourth-order valence-electron chi connectivity index (χ4n) is 3.43. The minimum atomic E-state index is -0.903. The smallest absolute Gasteiger partial charge is 0.410 e. The molecule has 1 spiro atoms. The van der Waals surface area contributed by atoms with Crippen LogP contribution >= 0.6 is 27.3 Å². The number of aromatic nitrogens is 1. The van der Waals surface area contributed by atoms with Crippen LogP contribution in [-0.4, -0.2) is 52.0 Å². The average molecular weight is 433 g/mol. The summed E-state index contributed by atoms with van der Waals surface area (Å²) in [6.07, 6.45) is 2.25. The normalized spacial score (nSPS) is 30.5. The Bertz CT molecular complexity index is 635. The minimum Gasteiger partial charge on any atom is -0.444 e. The van der Waals surface area contributed by atoms with Gasteiger partial charge in [-0.1, -0.05) is 0 Å². The largest absolute Gasteiger partial charge is 0.444 e. The van der Waals surface area contributed by atoms with Crippen molar-refractivity contribution in [2.45, 2.75) is 63.3 Å². The molecule has 1 aliphatic carbocycles. The molecule has 25 heavy (non-hydrogen) atoms. The zero-order valence-electron chi connectivity index (χ0n) is 14.9. The molecule has 2 heterocycles. The number of thiazole rings is 1. The maximum atomic E-state index is 12.4.